The van der Waals surface area contributed by atoms with E-state index in [1.807, 2.05) is 0 Å². The minimum Gasteiger partial charge on any atom is -0.316 e. The van der Waals surface area contributed by atoms with Gasteiger partial charge in [0.25, 0.3) is 0 Å². The molecular formula is C9H17NO. The molecule has 0 aromatic carbocycles. The third-order valence-corrected chi connectivity index (χ3v) is 2.50. The van der Waals surface area contributed by atoms with Crippen molar-refractivity contribution in [1.82, 2.24) is 5.32 Å². The maximum atomic E-state index is 10.3. The highest BCUT2D eigenvalue weighted by atomic mass is 16.1. The molecule has 0 heterocycles. The van der Waals surface area contributed by atoms with E-state index in [4.69, 9.17) is 0 Å². The van der Waals surface area contributed by atoms with Gasteiger partial charge in [0.15, 0.2) is 0 Å². The lowest BCUT2D eigenvalue weighted by molar-refractivity contribution is -0.117. The molecule has 0 aromatic heterocycles. The molecule has 0 saturated heterocycles. The van der Waals surface area contributed by atoms with Crippen LogP contribution < -0.4 is 5.32 Å². The molecule has 2 heteroatoms. The highest BCUT2D eigenvalue weighted by Crippen LogP contribution is 2.43. The normalized spacial score (nSPS) is 36.4. The minimum absolute atomic E-state index is 0.346. The highest BCUT2D eigenvalue weighted by Gasteiger charge is 2.39. The fourth-order valence-corrected chi connectivity index (χ4v) is 1.87. The summed E-state index contributed by atoms with van der Waals surface area (Å²) < 4.78 is 0. The Hall–Kier alpha value is -0.370. The summed E-state index contributed by atoms with van der Waals surface area (Å²) in [6.45, 7) is 6.45. The molecule has 1 fully saturated rings. The Labute approximate surface area is 68.4 Å². The smallest absolute Gasteiger partial charge is 0.123 e. The zero-order valence-electron chi connectivity index (χ0n) is 7.39. The summed E-state index contributed by atoms with van der Waals surface area (Å²) in [6, 6.07) is 0. The van der Waals surface area contributed by atoms with Crippen LogP contribution in [-0.2, 0) is 4.79 Å². The summed E-state index contributed by atoms with van der Waals surface area (Å²) in [6.07, 6.45) is 3.24. The minimum atomic E-state index is 0.346. The number of aldehydes is 1. The standard InChI is InChI=1S/C9H17NO/c1-3-10-7-9(2)4-8(5-9)6-11/h6,8,10H,3-5,7H2,1-2H3. The van der Waals surface area contributed by atoms with Crippen molar-refractivity contribution in [1.29, 1.82) is 0 Å². The van der Waals surface area contributed by atoms with Crippen LogP contribution in [0, 0.1) is 11.3 Å². The average Bonchev–Trinajstić information content (AvgIpc) is 1.95. The molecule has 1 saturated carbocycles. The zero-order chi connectivity index (χ0) is 8.32. The van der Waals surface area contributed by atoms with Crippen molar-refractivity contribution in [3.8, 4) is 0 Å². The molecule has 0 aliphatic heterocycles. The number of carbonyl (C=O) groups excluding carboxylic acids is 1. The lowest BCUT2D eigenvalue weighted by Gasteiger charge is -2.43. The molecule has 64 valence electrons. The van der Waals surface area contributed by atoms with Gasteiger partial charge in [-0.25, -0.2) is 0 Å². The molecule has 0 unspecified atom stereocenters. The first-order valence-electron chi connectivity index (χ1n) is 4.36. The van der Waals surface area contributed by atoms with Crippen LogP contribution in [0.3, 0.4) is 0 Å². The van der Waals surface area contributed by atoms with Crippen LogP contribution in [0.15, 0.2) is 0 Å². The molecule has 1 aliphatic carbocycles. The molecule has 11 heavy (non-hydrogen) atoms. The fraction of sp³-hybridized carbons (Fsp3) is 0.889. The molecule has 2 nitrogen and oxygen atoms in total. The van der Waals surface area contributed by atoms with Crippen molar-refractivity contribution in [2.45, 2.75) is 26.7 Å². The van der Waals surface area contributed by atoms with E-state index in [-0.39, 0.29) is 0 Å². The van der Waals surface area contributed by atoms with E-state index in [0.717, 1.165) is 32.2 Å². The van der Waals surface area contributed by atoms with Crippen molar-refractivity contribution in [3.63, 3.8) is 0 Å². The van der Waals surface area contributed by atoms with Gasteiger partial charge in [-0.05, 0) is 24.8 Å². The third-order valence-electron chi connectivity index (χ3n) is 2.50. The Bertz CT molecular complexity index is 138. The van der Waals surface area contributed by atoms with Gasteiger partial charge in [-0.3, -0.25) is 0 Å². The third kappa shape index (κ3) is 2.03. The topological polar surface area (TPSA) is 29.1 Å². The molecule has 1 rings (SSSR count). The largest absolute Gasteiger partial charge is 0.316 e. The first-order valence-corrected chi connectivity index (χ1v) is 4.36. The molecule has 1 aliphatic rings. The number of nitrogens with one attached hydrogen (secondary N) is 1. The number of carbonyl (C=O) groups is 1. The van der Waals surface area contributed by atoms with Gasteiger partial charge in [0.1, 0.15) is 6.29 Å². The molecule has 0 aromatic rings. The van der Waals surface area contributed by atoms with E-state index in [2.05, 4.69) is 19.2 Å². The Morgan fingerprint density at radius 3 is 2.73 bits per heavy atom. The van der Waals surface area contributed by atoms with Gasteiger partial charge in [0.05, 0.1) is 0 Å². The van der Waals surface area contributed by atoms with E-state index >= 15 is 0 Å². The highest BCUT2D eigenvalue weighted by molar-refractivity contribution is 5.55. The lowest BCUT2D eigenvalue weighted by atomic mass is 9.64. The molecule has 0 spiro atoms. The predicted molar refractivity (Wildman–Crippen MR) is 45.4 cm³/mol. The Balaban J connectivity index is 2.19. The molecule has 0 radical (unpaired) electrons. The summed E-state index contributed by atoms with van der Waals surface area (Å²) in [4.78, 5) is 10.3. The lowest BCUT2D eigenvalue weighted by Crippen LogP contribution is -2.43. The van der Waals surface area contributed by atoms with E-state index in [1.54, 1.807) is 0 Å². The van der Waals surface area contributed by atoms with Crippen LogP contribution in [0.1, 0.15) is 26.7 Å². The second-order valence-corrected chi connectivity index (χ2v) is 3.90. The fourth-order valence-electron chi connectivity index (χ4n) is 1.87. The summed E-state index contributed by atoms with van der Waals surface area (Å²) in [5.74, 6) is 0.346. The quantitative estimate of drug-likeness (QED) is 0.618. The molecule has 0 amide bonds. The van der Waals surface area contributed by atoms with Crippen LogP contribution in [0.2, 0.25) is 0 Å². The number of hydrogen-bond acceptors (Lipinski definition) is 2. The van der Waals surface area contributed by atoms with E-state index in [0.29, 0.717) is 11.3 Å². The van der Waals surface area contributed by atoms with Gasteiger partial charge in [-0.15, -0.1) is 0 Å². The second kappa shape index (κ2) is 3.35. The van der Waals surface area contributed by atoms with Gasteiger partial charge < -0.3 is 10.1 Å². The molecular weight excluding hydrogens is 138 g/mol. The van der Waals surface area contributed by atoms with Crippen molar-refractivity contribution in [2.75, 3.05) is 13.1 Å². The zero-order valence-corrected chi connectivity index (χ0v) is 7.39. The first kappa shape index (κ1) is 8.72. The SMILES string of the molecule is CCNCC1(C)CC(C=O)C1. The number of hydrogen-bond donors (Lipinski definition) is 1. The van der Waals surface area contributed by atoms with E-state index < -0.39 is 0 Å². The average molecular weight is 155 g/mol. The Kier molecular flexibility index (Phi) is 2.66. The van der Waals surface area contributed by atoms with Crippen LogP contribution in [0.5, 0.6) is 0 Å². The molecule has 0 atom stereocenters. The van der Waals surface area contributed by atoms with Crippen molar-refractivity contribution < 1.29 is 4.79 Å². The van der Waals surface area contributed by atoms with Crippen LogP contribution in [0.25, 0.3) is 0 Å². The monoisotopic (exact) mass is 155 g/mol. The van der Waals surface area contributed by atoms with Crippen molar-refractivity contribution >= 4 is 6.29 Å². The number of rotatable bonds is 4. The summed E-state index contributed by atoms with van der Waals surface area (Å²) in [5.41, 5.74) is 0.404. The van der Waals surface area contributed by atoms with Crippen molar-refractivity contribution in [3.05, 3.63) is 0 Å². The van der Waals surface area contributed by atoms with Gasteiger partial charge in [0.2, 0.25) is 0 Å². The molecule has 1 N–H and O–H groups in total. The predicted octanol–water partition coefficient (Wildman–Crippen LogP) is 1.21. The maximum Gasteiger partial charge on any atom is 0.123 e. The van der Waals surface area contributed by atoms with Gasteiger partial charge in [-0.1, -0.05) is 13.8 Å². The molecule has 0 bridgehead atoms. The first-order chi connectivity index (χ1) is 5.20. The summed E-state index contributed by atoms with van der Waals surface area (Å²) in [5, 5.41) is 3.32. The Morgan fingerprint density at radius 2 is 2.27 bits per heavy atom. The second-order valence-electron chi connectivity index (χ2n) is 3.90. The Morgan fingerprint density at radius 1 is 1.64 bits per heavy atom. The summed E-state index contributed by atoms with van der Waals surface area (Å²) >= 11 is 0. The van der Waals surface area contributed by atoms with E-state index in [9.17, 15) is 4.79 Å². The van der Waals surface area contributed by atoms with Gasteiger partial charge in [0, 0.05) is 12.5 Å². The van der Waals surface area contributed by atoms with E-state index in [1.165, 1.54) is 0 Å². The van der Waals surface area contributed by atoms with Crippen LogP contribution in [-0.4, -0.2) is 19.4 Å². The maximum absolute atomic E-state index is 10.3. The van der Waals surface area contributed by atoms with Crippen LogP contribution in [0.4, 0.5) is 0 Å². The summed E-state index contributed by atoms with van der Waals surface area (Å²) in [7, 11) is 0. The van der Waals surface area contributed by atoms with Gasteiger partial charge >= 0.3 is 0 Å². The van der Waals surface area contributed by atoms with Gasteiger partial charge in [-0.2, -0.15) is 0 Å². The van der Waals surface area contributed by atoms with Crippen molar-refractivity contribution in [2.24, 2.45) is 11.3 Å². The van der Waals surface area contributed by atoms with Crippen LogP contribution >= 0.6 is 0 Å².